The van der Waals surface area contributed by atoms with E-state index in [1.165, 1.54) is 0 Å². The van der Waals surface area contributed by atoms with Gasteiger partial charge in [-0.1, -0.05) is 35.5 Å². The van der Waals surface area contributed by atoms with Crippen LogP contribution in [-0.2, 0) is 11.2 Å². The monoisotopic (exact) mass is 355 g/mol. The highest BCUT2D eigenvalue weighted by Crippen LogP contribution is 2.36. The molecular formula is C21H29N3O2. The topological polar surface area (TPSA) is 58.4 Å². The number of likely N-dealkylation sites (tertiary alicyclic amines) is 1. The molecule has 26 heavy (non-hydrogen) atoms. The molecule has 0 saturated carbocycles. The number of rotatable bonds is 6. The summed E-state index contributed by atoms with van der Waals surface area (Å²) in [6.45, 7) is 8.80. The highest BCUT2D eigenvalue weighted by Gasteiger charge is 2.43. The van der Waals surface area contributed by atoms with Crippen LogP contribution in [0.5, 0.6) is 0 Å². The SMILES string of the molecule is CCNC(=O)C1(Cc2cc(-c3ccccc3)no2)CCCN(C(C)C)C1. The number of nitrogens with zero attached hydrogens (tertiary/aromatic N) is 2. The van der Waals surface area contributed by atoms with Gasteiger partial charge in [0.2, 0.25) is 5.91 Å². The van der Waals surface area contributed by atoms with Crippen LogP contribution in [0.4, 0.5) is 0 Å². The van der Waals surface area contributed by atoms with E-state index in [4.69, 9.17) is 4.52 Å². The van der Waals surface area contributed by atoms with Crippen LogP contribution in [0.2, 0.25) is 0 Å². The Bertz CT molecular complexity index is 726. The molecule has 0 bridgehead atoms. The summed E-state index contributed by atoms with van der Waals surface area (Å²) in [6, 6.07) is 12.4. The first kappa shape index (κ1) is 18.6. The van der Waals surface area contributed by atoms with Crippen molar-refractivity contribution in [3.8, 4) is 11.3 Å². The Hall–Kier alpha value is -2.14. The molecule has 2 aromatic rings. The number of amides is 1. The maximum Gasteiger partial charge on any atom is 0.227 e. The van der Waals surface area contributed by atoms with Crippen LogP contribution >= 0.6 is 0 Å². The largest absolute Gasteiger partial charge is 0.361 e. The van der Waals surface area contributed by atoms with Crippen molar-refractivity contribution in [2.45, 2.75) is 46.1 Å². The standard InChI is InChI=1S/C21H29N3O2/c1-4-22-20(25)21(11-8-12-24(15-21)16(2)3)14-18-13-19(23-26-18)17-9-6-5-7-10-17/h5-7,9-10,13,16H,4,8,11-12,14-15H2,1-3H3,(H,22,25). The molecule has 1 amide bonds. The Balaban J connectivity index is 1.84. The van der Waals surface area contributed by atoms with Crippen LogP contribution in [0.3, 0.4) is 0 Å². The van der Waals surface area contributed by atoms with Crippen molar-refractivity contribution in [3.05, 3.63) is 42.2 Å². The number of hydrogen-bond donors (Lipinski definition) is 1. The summed E-state index contributed by atoms with van der Waals surface area (Å²) in [5.74, 6) is 0.906. The molecule has 5 heteroatoms. The Morgan fingerprint density at radius 1 is 1.35 bits per heavy atom. The second-order valence-corrected chi connectivity index (χ2v) is 7.53. The Morgan fingerprint density at radius 2 is 2.12 bits per heavy atom. The number of benzene rings is 1. The van der Waals surface area contributed by atoms with Crippen LogP contribution in [0, 0.1) is 5.41 Å². The van der Waals surface area contributed by atoms with Crippen molar-refractivity contribution in [3.63, 3.8) is 0 Å². The number of aromatic nitrogens is 1. The minimum atomic E-state index is -0.452. The molecule has 2 heterocycles. The highest BCUT2D eigenvalue weighted by atomic mass is 16.5. The fourth-order valence-electron chi connectivity index (χ4n) is 3.84. The molecule has 1 atom stereocenters. The van der Waals surface area contributed by atoms with Crippen molar-refractivity contribution in [1.82, 2.24) is 15.4 Å². The van der Waals surface area contributed by atoms with Gasteiger partial charge >= 0.3 is 0 Å². The molecule has 1 aliphatic rings. The van der Waals surface area contributed by atoms with Gasteiger partial charge in [-0.25, -0.2) is 0 Å². The predicted octanol–water partition coefficient (Wildman–Crippen LogP) is 3.51. The summed E-state index contributed by atoms with van der Waals surface area (Å²) in [5, 5.41) is 7.27. The van der Waals surface area contributed by atoms with Gasteiger partial charge in [-0.15, -0.1) is 0 Å². The van der Waals surface area contributed by atoms with Gasteiger partial charge in [0.15, 0.2) is 0 Å². The van der Waals surface area contributed by atoms with Gasteiger partial charge in [0.05, 0.1) is 5.41 Å². The van der Waals surface area contributed by atoms with Gasteiger partial charge < -0.3 is 9.84 Å². The quantitative estimate of drug-likeness (QED) is 0.861. The van der Waals surface area contributed by atoms with E-state index in [-0.39, 0.29) is 5.91 Å². The van der Waals surface area contributed by atoms with E-state index in [0.29, 0.717) is 19.0 Å². The first-order chi connectivity index (χ1) is 12.5. The summed E-state index contributed by atoms with van der Waals surface area (Å²) < 4.78 is 5.62. The summed E-state index contributed by atoms with van der Waals surface area (Å²) in [5.41, 5.74) is 1.40. The number of hydrogen-bond acceptors (Lipinski definition) is 4. The molecule has 1 saturated heterocycles. The smallest absolute Gasteiger partial charge is 0.227 e. The molecular weight excluding hydrogens is 326 g/mol. The Morgan fingerprint density at radius 3 is 2.81 bits per heavy atom. The van der Waals surface area contributed by atoms with Gasteiger partial charge in [-0.2, -0.15) is 0 Å². The molecule has 1 fully saturated rings. The van der Waals surface area contributed by atoms with Gasteiger partial charge in [0, 0.05) is 37.2 Å². The van der Waals surface area contributed by atoms with Crippen molar-refractivity contribution >= 4 is 5.91 Å². The predicted molar refractivity (Wildman–Crippen MR) is 103 cm³/mol. The third-order valence-corrected chi connectivity index (χ3v) is 5.30. The number of piperidine rings is 1. The third-order valence-electron chi connectivity index (χ3n) is 5.30. The second kappa shape index (κ2) is 8.04. The lowest BCUT2D eigenvalue weighted by Crippen LogP contribution is -2.54. The molecule has 140 valence electrons. The average Bonchev–Trinajstić information content (AvgIpc) is 3.11. The van der Waals surface area contributed by atoms with Gasteiger partial charge in [0.1, 0.15) is 11.5 Å². The van der Waals surface area contributed by atoms with E-state index in [2.05, 4.69) is 29.2 Å². The summed E-state index contributed by atoms with van der Waals surface area (Å²) in [4.78, 5) is 15.4. The average molecular weight is 355 g/mol. The molecule has 1 aromatic carbocycles. The molecule has 1 N–H and O–H groups in total. The fourth-order valence-corrected chi connectivity index (χ4v) is 3.84. The van der Waals surface area contributed by atoms with E-state index >= 15 is 0 Å². The Kier molecular flexibility index (Phi) is 5.77. The molecule has 0 spiro atoms. The highest BCUT2D eigenvalue weighted by molar-refractivity contribution is 5.83. The summed E-state index contributed by atoms with van der Waals surface area (Å²) >= 11 is 0. The lowest BCUT2D eigenvalue weighted by molar-refractivity contribution is -0.135. The third kappa shape index (κ3) is 3.98. The van der Waals surface area contributed by atoms with Crippen LogP contribution < -0.4 is 5.32 Å². The lowest BCUT2D eigenvalue weighted by atomic mass is 9.75. The second-order valence-electron chi connectivity index (χ2n) is 7.53. The van der Waals surface area contributed by atoms with Gasteiger partial charge in [-0.3, -0.25) is 9.69 Å². The number of nitrogens with one attached hydrogen (secondary N) is 1. The number of carbonyl (C=O) groups excluding carboxylic acids is 1. The zero-order valence-electron chi connectivity index (χ0n) is 16.0. The minimum Gasteiger partial charge on any atom is -0.361 e. The first-order valence-corrected chi connectivity index (χ1v) is 9.57. The maximum absolute atomic E-state index is 13.0. The maximum atomic E-state index is 13.0. The molecule has 3 rings (SSSR count). The van der Waals surface area contributed by atoms with Crippen molar-refractivity contribution in [1.29, 1.82) is 0 Å². The zero-order chi connectivity index (χ0) is 18.6. The summed E-state index contributed by atoms with van der Waals surface area (Å²) in [7, 11) is 0. The first-order valence-electron chi connectivity index (χ1n) is 9.57. The fraction of sp³-hybridized carbons (Fsp3) is 0.524. The lowest BCUT2D eigenvalue weighted by Gasteiger charge is -2.43. The van der Waals surface area contributed by atoms with Gasteiger partial charge in [0.25, 0.3) is 0 Å². The molecule has 1 aliphatic heterocycles. The van der Waals surface area contributed by atoms with E-state index in [1.54, 1.807) is 0 Å². The van der Waals surface area contributed by atoms with E-state index in [0.717, 1.165) is 42.9 Å². The van der Waals surface area contributed by atoms with E-state index in [1.807, 2.05) is 43.3 Å². The van der Waals surface area contributed by atoms with E-state index < -0.39 is 5.41 Å². The van der Waals surface area contributed by atoms with Gasteiger partial charge in [-0.05, 0) is 40.2 Å². The minimum absolute atomic E-state index is 0.128. The van der Waals surface area contributed by atoms with Crippen LogP contribution in [-0.4, -0.2) is 41.6 Å². The van der Waals surface area contributed by atoms with Crippen molar-refractivity contribution in [2.24, 2.45) is 5.41 Å². The van der Waals surface area contributed by atoms with Crippen molar-refractivity contribution < 1.29 is 9.32 Å². The van der Waals surface area contributed by atoms with Crippen LogP contribution in [0.25, 0.3) is 11.3 Å². The molecule has 0 aliphatic carbocycles. The van der Waals surface area contributed by atoms with Crippen LogP contribution in [0.15, 0.2) is 40.9 Å². The number of carbonyl (C=O) groups is 1. The zero-order valence-corrected chi connectivity index (χ0v) is 16.0. The molecule has 1 aromatic heterocycles. The van der Waals surface area contributed by atoms with Crippen molar-refractivity contribution in [2.75, 3.05) is 19.6 Å². The molecule has 1 unspecified atom stereocenters. The Labute approximate surface area is 155 Å². The summed E-state index contributed by atoms with van der Waals surface area (Å²) in [6.07, 6.45) is 2.49. The molecule has 5 nitrogen and oxygen atoms in total. The van der Waals surface area contributed by atoms with E-state index in [9.17, 15) is 4.79 Å². The molecule has 0 radical (unpaired) electrons. The van der Waals surface area contributed by atoms with Crippen LogP contribution in [0.1, 0.15) is 39.4 Å². The normalized spacial score (nSPS) is 21.1.